The zero-order valence-corrected chi connectivity index (χ0v) is 16.9. The maximum absolute atomic E-state index is 12.9. The Morgan fingerprint density at radius 3 is 2.46 bits per heavy atom. The lowest BCUT2D eigenvalue weighted by Gasteiger charge is -2.34. The molecule has 1 saturated heterocycles. The van der Waals surface area contributed by atoms with Crippen molar-refractivity contribution in [2.45, 2.75) is 31.6 Å². The molecule has 1 aliphatic rings. The van der Waals surface area contributed by atoms with Crippen LogP contribution < -0.4 is 0 Å². The van der Waals surface area contributed by atoms with E-state index >= 15 is 0 Å². The number of rotatable bonds is 4. The molecule has 28 heavy (non-hydrogen) atoms. The summed E-state index contributed by atoms with van der Waals surface area (Å²) in [6, 6.07) is 8.05. The van der Waals surface area contributed by atoms with Crippen LogP contribution in [0.15, 0.2) is 33.7 Å². The van der Waals surface area contributed by atoms with Crippen molar-refractivity contribution in [3.63, 3.8) is 0 Å². The van der Waals surface area contributed by atoms with Crippen LogP contribution in [0, 0.1) is 18.3 Å². The smallest absolute Gasteiger partial charge is 0.259 e. The molecule has 1 amide bonds. The minimum absolute atomic E-state index is 0.00532. The van der Waals surface area contributed by atoms with Crippen molar-refractivity contribution < 1.29 is 17.7 Å². The summed E-state index contributed by atoms with van der Waals surface area (Å²) in [4.78, 5) is 14.6. The molecule has 1 fully saturated rings. The zero-order valence-electron chi connectivity index (χ0n) is 16.0. The van der Waals surface area contributed by atoms with Gasteiger partial charge in [0.05, 0.1) is 16.2 Å². The summed E-state index contributed by atoms with van der Waals surface area (Å²) < 4.78 is 32.4. The Hall–Kier alpha value is -2.70. The number of nitrogens with zero attached hydrogens (tertiary/aromatic N) is 4. The molecule has 0 spiro atoms. The maximum atomic E-state index is 12.9. The van der Waals surface area contributed by atoms with Crippen molar-refractivity contribution in [1.82, 2.24) is 14.4 Å². The van der Waals surface area contributed by atoms with Gasteiger partial charge in [-0.3, -0.25) is 4.79 Å². The number of hydrogen-bond acceptors (Lipinski definition) is 6. The molecule has 1 aromatic heterocycles. The highest BCUT2D eigenvalue weighted by atomic mass is 32.2. The second kappa shape index (κ2) is 7.73. The molecule has 2 heterocycles. The highest BCUT2D eigenvalue weighted by Crippen LogP contribution is 2.25. The Bertz CT molecular complexity index is 1030. The number of sulfonamides is 1. The molecular weight excluding hydrogens is 380 g/mol. The summed E-state index contributed by atoms with van der Waals surface area (Å²) in [7, 11) is -3.80. The van der Waals surface area contributed by atoms with E-state index in [-0.39, 0.29) is 48.5 Å². The first-order valence-electron chi connectivity index (χ1n) is 9.02. The van der Waals surface area contributed by atoms with Gasteiger partial charge in [0.15, 0.2) is 5.76 Å². The zero-order chi connectivity index (χ0) is 20.5. The van der Waals surface area contributed by atoms with E-state index in [0.717, 1.165) is 0 Å². The molecule has 9 heteroatoms. The number of carbonyl (C=O) groups is 1. The number of amides is 1. The summed E-state index contributed by atoms with van der Waals surface area (Å²) in [5.41, 5.74) is 1.11. The van der Waals surface area contributed by atoms with E-state index in [2.05, 4.69) is 5.16 Å². The van der Waals surface area contributed by atoms with Crippen LogP contribution in [0.25, 0.3) is 0 Å². The van der Waals surface area contributed by atoms with Crippen LogP contribution in [0.1, 0.15) is 47.1 Å². The van der Waals surface area contributed by atoms with Gasteiger partial charge in [-0.2, -0.15) is 9.57 Å². The van der Waals surface area contributed by atoms with E-state index in [9.17, 15) is 18.5 Å². The minimum atomic E-state index is -3.80. The second-order valence-electron chi connectivity index (χ2n) is 6.97. The molecule has 8 nitrogen and oxygen atoms in total. The molecule has 0 aliphatic carbocycles. The fourth-order valence-corrected chi connectivity index (χ4v) is 4.82. The monoisotopic (exact) mass is 402 g/mol. The number of benzene rings is 1. The fraction of sp³-hybridized carbons (Fsp3) is 0.421. The molecule has 1 aliphatic heterocycles. The van der Waals surface area contributed by atoms with Crippen LogP contribution in [0.5, 0.6) is 0 Å². The molecular formula is C19H22N4O4S. The van der Waals surface area contributed by atoms with Gasteiger partial charge in [-0.1, -0.05) is 31.1 Å². The molecule has 1 aromatic carbocycles. The van der Waals surface area contributed by atoms with Crippen molar-refractivity contribution in [3.05, 3.63) is 46.8 Å². The van der Waals surface area contributed by atoms with Gasteiger partial charge in [0.25, 0.3) is 5.91 Å². The SMILES string of the molecule is Cc1noc(C(C)C)c1C(=O)N1CCN(S(=O)(=O)c2ccccc2C#N)CC1. The molecule has 2 aromatic rings. The largest absolute Gasteiger partial charge is 0.360 e. The Balaban J connectivity index is 1.77. The maximum Gasteiger partial charge on any atom is 0.259 e. The summed E-state index contributed by atoms with van der Waals surface area (Å²) >= 11 is 0. The standard InChI is InChI=1S/C19H22N4O4S/c1-13(2)18-17(14(3)21-27-18)19(24)22-8-10-23(11-9-22)28(25,26)16-7-5-4-6-15(16)12-20/h4-7,13H,8-11H2,1-3H3. The predicted molar refractivity (Wildman–Crippen MR) is 101 cm³/mol. The van der Waals surface area contributed by atoms with E-state index in [1.54, 1.807) is 24.0 Å². The van der Waals surface area contributed by atoms with Crippen LogP contribution >= 0.6 is 0 Å². The average Bonchev–Trinajstić information content (AvgIpc) is 3.09. The minimum Gasteiger partial charge on any atom is -0.360 e. The lowest BCUT2D eigenvalue weighted by atomic mass is 10.0. The van der Waals surface area contributed by atoms with E-state index in [1.807, 2.05) is 19.9 Å². The summed E-state index contributed by atoms with van der Waals surface area (Å²) in [6.45, 7) is 6.41. The van der Waals surface area contributed by atoms with Crippen molar-refractivity contribution >= 4 is 15.9 Å². The molecule has 0 N–H and O–H groups in total. The van der Waals surface area contributed by atoms with Gasteiger partial charge in [0.1, 0.15) is 11.6 Å². The summed E-state index contributed by atoms with van der Waals surface area (Å²) in [5.74, 6) is 0.363. The summed E-state index contributed by atoms with van der Waals surface area (Å²) in [6.07, 6.45) is 0. The van der Waals surface area contributed by atoms with Gasteiger partial charge in [0, 0.05) is 32.1 Å². The topological polar surface area (TPSA) is 108 Å². The van der Waals surface area contributed by atoms with Crippen LogP contribution in [-0.2, 0) is 10.0 Å². The third-order valence-corrected chi connectivity index (χ3v) is 6.74. The number of aryl methyl sites for hydroxylation is 1. The van der Waals surface area contributed by atoms with Crippen molar-refractivity contribution in [2.75, 3.05) is 26.2 Å². The predicted octanol–water partition coefficient (Wildman–Crippen LogP) is 2.12. The molecule has 0 radical (unpaired) electrons. The van der Waals surface area contributed by atoms with Crippen LogP contribution in [0.4, 0.5) is 0 Å². The molecule has 0 atom stereocenters. The molecule has 0 unspecified atom stereocenters. The van der Waals surface area contributed by atoms with E-state index < -0.39 is 10.0 Å². The van der Waals surface area contributed by atoms with Crippen molar-refractivity contribution in [1.29, 1.82) is 5.26 Å². The first-order valence-corrected chi connectivity index (χ1v) is 10.5. The van der Waals surface area contributed by atoms with Crippen molar-refractivity contribution in [2.24, 2.45) is 0 Å². The normalized spacial score (nSPS) is 15.6. The van der Waals surface area contributed by atoms with Crippen molar-refractivity contribution in [3.8, 4) is 6.07 Å². The van der Waals surface area contributed by atoms with Gasteiger partial charge >= 0.3 is 0 Å². The number of nitriles is 1. The average molecular weight is 402 g/mol. The molecule has 148 valence electrons. The van der Waals surface area contributed by atoms with Gasteiger partial charge < -0.3 is 9.42 Å². The highest BCUT2D eigenvalue weighted by molar-refractivity contribution is 7.89. The van der Waals surface area contributed by atoms with E-state index in [0.29, 0.717) is 17.0 Å². The first-order chi connectivity index (χ1) is 13.3. The fourth-order valence-electron chi connectivity index (χ4n) is 3.25. The number of piperazine rings is 1. The Kier molecular flexibility index (Phi) is 5.54. The van der Waals surface area contributed by atoms with Gasteiger partial charge in [0.2, 0.25) is 10.0 Å². The van der Waals surface area contributed by atoms with Crippen LogP contribution in [0.3, 0.4) is 0 Å². The van der Waals surface area contributed by atoms with Gasteiger partial charge in [-0.05, 0) is 19.1 Å². The number of carbonyl (C=O) groups excluding carboxylic acids is 1. The highest BCUT2D eigenvalue weighted by Gasteiger charge is 2.34. The molecule has 0 bridgehead atoms. The Labute approximate surface area is 164 Å². The molecule has 3 rings (SSSR count). The van der Waals surface area contributed by atoms with E-state index in [4.69, 9.17) is 4.52 Å². The third kappa shape index (κ3) is 3.53. The second-order valence-corrected chi connectivity index (χ2v) is 8.87. The molecule has 0 saturated carbocycles. The lowest BCUT2D eigenvalue weighted by Crippen LogP contribution is -2.50. The van der Waals surface area contributed by atoms with Crippen LogP contribution in [0.2, 0.25) is 0 Å². The van der Waals surface area contributed by atoms with Gasteiger partial charge in [-0.25, -0.2) is 8.42 Å². The van der Waals surface area contributed by atoms with Gasteiger partial charge in [-0.15, -0.1) is 0 Å². The van der Waals surface area contributed by atoms with E-state index in [1.165, 1.54) is 16.4 Å². The Morgan fingerprint density at radius 2 is 1.86 bits per heavy atom. The number of hydrogen-bond donors (Lipinski definition) is 0. The summed E-state index contributed by atoms with van der Waals surface area (Å²) in [5, 5.41) is 13.1. The third-order valence-electron chi connectivity index (χ3n) is 4.78. The first kappa shape index (κ1) is 20.0. The number of aromatic nitrogens is 1. The Morgan fingerprint density at radius 1 is 1.21 bits per heavy atom. The van der Waals surface area contributed by atoms with Crippen LogP contribution in [-0.4, -0.2) is 54.9 Å². The quantitative estimate of drug-likeness (QED) is 0.775. The lowest BCUT2D eigenvalue weighted by molar-refractivity contribution is 0.0694.